The number of ether oxygens (including phenoxy) is 1. The number of nitriles is 1. The van der Waals surface area contributed by atoms with Gasteiger partial charge in [0, 0.05) is 5.39 Å². The molecular weight excluding hydrogens is 302 g/mol. The van der Waals surface area contributed by atoms with Crippen LogP contribution in [0.4, 0.5) is 0 Å². The van der Waals surface area contributed by atoms with E-state index in [0.29, 0.717) is 23.5 Å². The first kappa shape index (κ1) is 15.6. The Hall–Kier alpha value is -3.32. The van der Waals surface area contributed by atoms with Gasteiger partial charge in [-0.2, -0.15) is 5.26 Å². The minimum Gasteiger partial charge on any atom is -0.490 e. The summed E-state index contributed by atoms with van der Waals surface area (Å²) < 4.78 is 11.2. The normalized spacial score (nSPS) is 10.8. The fraction of sp³-hybridized carbons (Fsp3) is 0.100. The van der Waals surface area contributed by atoms with E-state index in [9.17, 15) is 4.79 Å². The quantitative estimate of drug-likeness (QED) is 0.509. The van der Waals surface area contributed by atoms with Crippen molar-refractivity contribution in [3.05, 3.63) is 71.5 Å². The van der Waals surface area contributed by atoms with Gasteiger partial charge in [0.15, 0.2) is 17.1 Å². The van der Waals surface area contributed by atoms with Crippen LogP contribution >= 0.6 is 0 Å². The monoisotopic (exact) mass is 317 g/mol. The van der Waals surface area contributed by atoms with Crippen molar-refractivity contribution in [3.63, 3.8) is 0 Å². The first-order chi connectivity index (χ1) is 11.7. The zero-order chi connectivity index (χ0) is 16.9. The van der Waals surface area contributed by atoms with Gasteiger partial charge in [-0.3, -0.25) is 4.79 Å². The van der Waals surface area contributed by atoms with Gasteiger partial charge < -0.3 is 9.15 Å². The second-order valence-electron chi connectivity index (χ2n) is 5.15. The maximum atomic E-state index is 12.3. The van der Waals surface area contributed by atoms with Crippen molar-refractivity contribution in [2.24, 2.45) is 0 Å². The molecule has 4 nitrogen and oxygen atoms in total. The van der Waals surface area contributed by atoms with Crippen molar-refractivity contribution in [1.29, 1.82) is 5.26 Å². The summed E-state index contributed by atoms with van der Waals surface area (Å²) in [5.74, 6) is 0.639. The van der Waals surface area contributed by atoms with Crippen molar-refractivity contribution < 1.29 is 13.9 Å². The number of benzene rings is 2. The molecule has 118 valence electrons. The Bertz CT molecular complexity index is 960. The SMILES string of the molecule is CCOc1cccc2cc(C(=O)/C=C/c3cccc(C#N)c3)oc12. The second kappa shape index (κ2) is 6.84. The second-order valence-corrected chi connectivity index (χ2v) is 5.15. The van der Waals surface area contributed by atoms with Gasteiger partial charge in [-0.1, -0.05) is 30.3 Å². The van der Waals surface area contributed by atoms with Crippen molar-refractivity contribution in [2.75, 3.05) is 6.61 Å². The molecule has 0 radical (unpaired) electrons. The highest BCUT2D eigenvalue weighted by atomic mass is 16.5. The standard InChI is InChI=1S/C20H15NO3/c1-2-23-18-8-4-7-16-12-19(24-20(16)18)17(22)10-9-14-5-3-6-15(11-14)13-21/h3-12H,2H2,1H3/b10-9+. The number of carbonyl (C=O) groups excluding carboxylic acids is 1. The molecule has 0 aliphatic carbocycles. The van der Waals surface area contributed by atoms with Crippen LogP contribution in [0.3, 0.4) is 0 Å². The van der Waals surface area contributed by atoms with Gasteiger partial charge in [-0.05, 0) is 42.8 Å². The summed E-state index contributed by atoms with van der Waals surface area (Å²) in [5.41, 5.74) is 1.91. The van der Waals surface area contributed by atoms with Gasteiger partial charge in [0.1, 0.15) is 0 Å². The smallest absolute Gasteiger partial charge is 0.221 e. The van der Waals surface area contributed by atoms with Crippen LogP contribution in [0.25, 0.3) is 17.0 Å². The third-order valence-electron chi connectivity index (χ3n) is 3.49. The van der Waals surface area contributed by atoms with Crippen molar-refractivity contribution >= 4 is 22.8 Å². The first-order valence-corrected chi connectivity index (χ1v) is 7.59. The molecule has 0 atom stereocenters. The fourth-order valence-electron chi connectivity index (χ4n) is 2.39. The highest BCUT2D eigenvalue weighted by Gasteiger charge is 2.13. The van der Waals surface area contributed by atoms with Gasteiger partial charge in [0.25, 0.3) is 0 Å². The van der Waals surface area contributed by atoms with Crippen LogP contribution in [0, 0.1) is 11.3 Å². The van der Waals surface area contributed by atoms with Crippen LogP contribution in [0.5, 0.6) is 5.75 Å². The Morgan fingerprint density at radius 1 is 1.25 bits per heavy atom. The van der Waals surface area contributed by atoms with Gasteiger partial charge in [0.05, 0.1) is 18.2 Å². The third kappa shape index (κ3) is 3.21. The van der Waals surface area contributed by atoms with Crippen molar-refractivity contribution in [3.8, 4) is 11.8 Å². The molecule has 3 aromatic rings. The Labute approximate surface area is 139 Å². The van der Waals surface area contributed by atoms with Gasteiger partial charge in [-0.25, -0.2) is 0 Å². The number of para-hydroxylation sites is 1. The van der Waals surface area contributed by atoms with Gasteiger partial charge in [0.2, 0.25) is 5.78 Å². The summed E-state index contributed by atoms with van der Waals surface area (Å²) >= 11 is 0. The van der Waals surface area contributed by atoms with E-state index in [-0.39, 0.29) is 11.5 Å². The lowest BCUT2D eigenvalue weighted by Gasteiger charge is -2.01. The van der Waals surface area contributed by atoms with Crippen LogP contribution in [0.15, 0.2) is 59.0 Å². The number of carbonyl (C=O) groups is 1. The van der Waals surface area contributed by atoms with Crippen molar-refractivity contribution in [2.45, 2.75) is 6.92 Å². The summed E-state index contributed by atoms with van der Waals surface area (Å²) in [6.07, 6.45) is 3.11. The average molecular weight is 317 g/mol. The van der Waals surface area contributed by atoms with E-state index in [1.165, 1.54) is 6.08 Å². The minimum absolute atomic E-state index is 0.240. The average Bonchev–Trinajstić information content (AvgIpc) is 3.05. The number of nitrogens with zero attached hydrogens (tertiary/aromatic N) is 1. The number of ketones is 1. The molecule has 2 aromatic carbocycles. The summed E-state index contributed by atoms with van der Waals surface area (Å²) in [5, 5.41) is 9.72. The van der Waals surface area contributed by atoms with E-state index in [2.05, 4.69) is 6.07 Å². The van der Waals surface area contributed by atoms with E-state index in [1.54, 1.807) is 30.3 Å². The molecule has 0 saturated carbocycles. The lowest BCUT2D eigenvalue weighted by molar-refractivity contribution is 0.102. The molecule has 4 heteroatoms. The highest BCUT2D eigenvalue weighted by Crippen LogP contribution is 2.29. The first-order valence-electron chi connectivity index (χ1n) is 7.59. The number of hydrogen-bond acceptors (Lipinski definition) is 4. The van der Waals surface area contributed by atoms with Crippen LogP contribution in [-0.2, 0) is 0 Å². The van der Waals surface area contributed by atoms with Crippen LogP contribution in [0.2, 0.25) is 0 Å². The summed E-state index contributed by atoms with van der Waals surface area (Å²) in [6.45, 7) is 2.42. The van der Waals surface area contributed by atoms with E-state index in [1.807, 2.05) is 31.2 Å². The van der Waals surface area contributed by atoms with Crippen LogP contribution < -0.4 is 4.74 Å². The van der Waals surface area contributed by atoms with E-state index in [4.69, 9.17) is 14.4 Å². The number of furan rings is 1. The fourth-order valence-corrected chi connectivity index (χ4v) is 2.39. The van der Waals surface area contributed by atoms with Crippen LogP contribution in [-0.4, -0.2) is 12.4 Å². The molecule has 0 amide bonds. The lowest BCUT2D eigenvalue weighted by Crippen LogP contribution is -1.91. The molecule has 0 bridgehead atoms. The number of rotatable bonds is 5. The van der Waals surface area contributed by atoms with Gasteiger partial charge in [-0.15, -0.1) is 0 Å². The molecule has 3 rings (SSSR count). The molecule has 0 aliphatic heterocycles. The molecule has 0 saturated heterocycles. The predicted octanol–water partition coefficient (Wildman–Crippen LogP) is 4.60. The van der Waals surface area contributed by atoms with E-state index < -0.39 is 0 Å². The molecular formula is C20H15NO3. The highest BCUT2D eigenvalue weighted by molar-refractivity contribution is 6.07. The molecule has 0 spiro atoms. The van der Waals surface area contributed by atoms with Gasteiger partial charge >= 0.3 is 0 Å². The predicted molar refractivity (Wildman–Crippen MR) is 91.9 cm³/mol. The van der Waals surface area contributed by atoms with E-state index in [0.717, 1.165) is 10.9 Å². The summed E-state index contributed by atoms with van der Waals surface area (Å²) in [6, 6.07) is 16.4. The zero-order valence-electron chi connectivity index (χ0n) is 13.2. The molecule has 1 aromatic heterocycles. The third-order valence-corrected chi connectivity index (χ3v) is 3.49. The summed E-state index contributed by atoms with van der Waals surface area (Å²) in [7, 11) is 0. The zero-order valence-corrected chi connectivity index (χ0v) is 13.2. The number of fused-ring (bicyclic) bond motifs is 1. The lowest BCUT2D eigenvalue weighted by atomic mass is 10.1. The Morgan fingerprint density at radius 2 is 2.08 bits per heavy atom. The molecule has 0 N–H and O–H groups in total. The maximum absolute atomic E-state index is 12.3. The van der Waals surface area contributed by atoms with Crippen LogP contribution in [0.1, 0.15) is 28.6 Å². The Morgan fingerprint density at radius 3 is 2.88 bits per heavy atom. The number of allylic oxidation sites excluding steroid dienone is 1. The number of hydrogen-bond donors (Lipinski definition) is 0. The molecule has 0 aliphatic rings. The molecule has 1 heterocycles. The topological polar surface area (TPSA) is 63.2 Å². The van der Waals surface area contributed by atoms with Crippen molar-refractivity contribution in [1.82, 2.24) is 0 Å². The van der Waals surface area contributed by atoms with E-state index >= 15 is 0 Å². The molecule has 24 heavy (non-hydrogen) atoms. The minimum atomic E-state index is -0.240. The Kier molecular flexibility index (Phi) is 4.44. The summed E-state index contributed by atoms with van der Waals surface area (Å²) in [4.78, 5) is 12.3. The maximum Gasteiger partial charge on any atom is 0.221 e. The molecule has 0 fully saturated rings. The largest absolute Gasteiger partial charge is 0.490 e. The molecule has 0 unspecified atom stereocenters. The Balaban J connectivity index is 1.87.